The molecule has 0 amide bonds. The van der Waals surface area contributed by atoms with Gasteiger partial charge in [0.15, 0.2) is 0 Å². The molecule has 0 aliphatic heterocycles. The first-order valence-corrected chi connectivity index (χ1v) is 8.79. The molecule has 0 spiro atoms. The van der Waals surface area contributed by atoms with Gasteiger partial charge in [0, 0.05) is 18.8 Å². The quantitative estimate of drug-likeness (QED) is 0.602. The lowest BCUT2D eigenvalue weighted by Crippen LogP contribution is -2.35. The van der Waals surface area contributed by atoms with Gasteiger partial charge in [-0.3, -0.25) is 0 Å². The molecular weight excluding hydrogens is 304 g/mol. The van der Waals surface area contributed by atoms with Crippen LogP contribution in [-0.2, 0) is 6.54 Å². The average Bonchev–Trinajstić information content (AvgIpc) is 2.66. The summed E-state index contributed by atoms with van der Waals surface area (Å²) in [7, 11) is 4.28. The van der Waals surface area contributed by atoms with Crippen LogP contribution in [0.1, 0.15) is 17.2 Å². The minimum atomic E-state index is 0.291. The van der Waals surface area contributed by atoms with Crippen LogP contribution in [0.3, 0.4) is 0 Å². The summed E-state index contributed by atoms with van der Waals surface area (Å²) in [5.74, 6) is 0. The van der Waals surface area contributed by atoms with Crippen molar-refractivity contribution in [1.82, 2.24) is 4.90 Å². The van der Waals surface area contributed by atoms with Crippen molar-refractivity contribution in [2.24, 2.45) is 0 Å². The van der Waals surface area contributed by atoms with Gasteiger partial charge >= 0.3 is 0 Å². The first-order valence-electron chi connectivity index (χ1n) is 8.79. The molecule has 2 heteroatoms. The topological polar surface area (TPSA) is 6.48 Å². The van der Waals surface area contributed by atoms with Gasteiger partial charge in [0.25, 0.3) is 0 Å². The second-order valence-corrected chi connectivity index (χ2v) is 6.64. The number of likely N-dealkylation sites (N-methyl/N-ethyl adjacent to an activating group) is 1. The molecule has 0 aromatic heterocycles. The zero-order valence-corrected chi connectivity index (χ0v) is 15.0. The molecule has 0 radical (unpaired) electrons. The third kappa shape index (κ3) is 4.71. The minimum absolute atomic E-state index is 0.291. The van der Waals surface area contributed by atoms with Crippen molar-refractivity contribution in [2.45, 2.75) is 12.6 Å². The normalized spacial score (nSPS) is 12.1. The first kappa shape index (κ1) is 17.2. The molecule has 0 fully saturated rings. The van der Waals surface area contributed by atoms with Crippen molar-refractivity contribution >= 4 is 5.69 Å². The second kappa shape index (κ2) is 8.50. The van der Waals surface area contributed by atoms with Crippen LogP contribution in [0.4, 0.5) is 5.69 Å². The average molecular weight is 330 g/mol. The molecule has 0 aliphatic rings. The summed E-state index contributed by atoms with van der Waals surface area (Å²) >= 11 is 0. The molecule has 3 aromatic rings. The van der Waals surface area contributed by atoms with Gasteiger partial charge in [-0.2, -0.15) is 0 Å². The Labute approximate surface area is 151 Å². The third-order valence-electron chi connectivity index (χ3n) is 4.38. The van der Waals surface area contributed by atoms with E-state index < -0.39 is 0 Å². The Morgan fingerprint density at radius 1 is 0.680 bits per heavy atom. The largest absolute Gasteiger partial charge is 0.359 e. The van der Waals surface area contributed by atoms with E-state index >= 15 is 0 Å². The highest BCUT2D eigenvalue weighted by molar-refractivity contribution is 5.49. The van der Waals surface area contributed by atoms with Crippen LogP contribution < -0.4 is 4.90 Å². The maximum atomic E-state index is 2.50. The molecular formula is C23H26N2. The molecule has 1 atom stereocenters. The second-order valence-electron chi connectivity index (χ2n) is 6.64. The van der Waals surface area contributed by atoms with Crippen LogP contribution >= 0.6 is 0 Å². The predicted octanol–water partition coefficient (Wildman–Crippen LogP) is 5.00. The molecule has 25 heavy (non-hydrogen) atoms. The summed E-state index contributed by atoms with van der Waals surface area (Å²) < 4.78 is 0. The van der Waals surface area contributed by atoms with E-state index in [2.05, 4.69) is 115 Å². The molecule has 0 saturated carbocycles. The molecule has 0 saturated heterocycles. The molecule has 0 heterocycles. The first-order chi connectivity index (χ1) is 12.2. The van der Waals surface area contributed by atoms with Gasteiger partial charge in [-0.25, -0.2) is 0 Å². The van der Waals surface area contributed by atoms with Crippen LogP contribution in [0.15, 0.2) is 91.0 Å². The lowest BCUT2D eigenvalue weighted by Gasteiger charge is -2.36. The fourth-order valence-electron chi connectivity index (χ4n) is 3.19. The Hall–Kier alpha value is -2.58. The summed E-state index contributed by atoms with van der Waals surface area (Å²) in [5, 5.41) is 0. The fraction of sp³-hybridized carbons (Fsp3) is 0.217. The van der Waals surface area contributed by atoms with Gasteiger partial charge in [0.05, 0.1) is 6.04 Å². The molecule has 1 unspecified atom stereocenters. The van der Waals surface area contributed by atoms with Crippen molar-refractivity contribution < 1.29 is 0 Å². The molecule has 0 bridgehead atoms. The zero-order chi connectivity index (χ0) is 17.5. The number of hydrogen-bond acceptors (Lipinski definition) is 2. The van der Waals surface area contributed by atoms with Crippen LogP contribution in [0.2, 0.25) is 0 Å². The van der Waals surface area contributed by atoms with Gasteiger partial charge in [-0.1, -0.05) is 78.9 Å². The smallest absolute Gasteiger partial charge is 0.0673 e. The van der Waals surface area contributed by atoms with Crippen molar-refractivity contribution in [3.05, 3.63) is 102 Å². The maximum Gasteiger partial charge on any atom is 0.0673 e. The van der Waals surface area contributed by atoms with Gasteiger partial charge < -0.3 is 9.80 Å². The van der Waals surface area contributed by atoms with Crippen LogP contribution in [0.25, 0.3) is 0 Å². The van der Waals surface area contributed by atoms with Gasteiger partial charge in [0.1, 0.15) is 0 Å². The van der Waals surface area contributed by atoms with Crippen molar-refractivity contribution in [3.8, 4) is 0 Å². The molecule has 128 valence electrons. The van der Waals surface area contributed by atoms with E-state index in [1.54, 1.807) is 0 Å². The molecule has 2 nitrogen and oxygen atoms in total. The zero-order valence-electron chi connectivity index (χ0n) is 15.0. The summed E-state index contributed by atoms with van der Waals surface area (Å²) in [6.45, 7) is 1.85. The standard InChI is InChI=1S/C23H26N2/c1-24(2)19-23(21-14-8-4-9-15-21)25(22-16-10-5-11-17-22)18-20-12-6-3-7-13-20/h3-17,23H,18-19H2,1-2H3. The number of hydrogen-bond donors (Lipinski definition) is 0. The Balaban J connectivity index is 2.00. The Morgan fingerprint density at radius 3 is 1.76 bits per heavy atom. The predicted molar refractivity (Wildman–Crippen MR) is 107 cm³/mol. The summed E-state index contributed by atoms with van der Waals surface area (Å²) in [6.07, 6.45) is 0. The summed E-state index contributed by atoms with van der Waals surface area (Å²) in [6, 6.07) is 32.5. The monoisotopic (exact) mass is 330 g/mol. The van der Waals surface area contributed by atoms with Crippen molar-refractivity contribution in [2.75, 3.05) is 25.5 Å². The Bertz CT molecular complexity index is 739. The highest BCUT2D eigenvalue weighted by Gasteiger charge is 2.21. The van der Waals surface area contributed by atoms with Gasteiger partial charge in [0.2, 0.25) is 0 Å². The van der Waals surface area contributed by atoms with E-state index in [0.717, 1.165) is 13.1 Å². The third-order valence-corrected chi connectivity index (χ3v) is 4.38. The van der Waals surface area contributed by atoms with Gasteiger partial charge in [-0.05, 0) is 37.4 Å². The maximum absolute atomic E-state index is 2.50. The molecule has 3 rings (SSSR count). The number of anilines is 1. The minimum Gasteiger partial charge on any atom is -0.359 e. The van der Waals surface area contributed by atoms with E-state index in [0.29, 0.717) is 6.04 Å². The van der Waals surface area contributed by atoms with E-state index in [1.807, 2.05) is 0 Å². The van der Waals surface area contributed by atoms with Crippen LogP contribution in [0.5, 0.6) is 0 Å². The summed E-state index contributed by atoms with van der Waals surface area (Å²) in [5.41, 5.74) is 3.92. The highest BCUT2D eigenvalue weighted by Crippen LogP contribution is 2.29. The number of nitrogens with zero attached hydrogens (tertiary/aromatic N) is 2. The van der Waals surface area contributed by atoms with E-state index in [-0.39, 0.29) is 0 Å². The highest BCUT2D eigenvalue weighted by atomic mass is 15.2. The fourth-order valence-corrected chi connectivity index (χ4v) is 3.19. The molecule has 0 N–H and O–H groups in total. The number of benzene rings is 3. The van der Waals surface area contributed by atoms with Crippen molar-refractivity contribution in [1.29, 1.82) is 0 Å². The van der Waals surface area contributed by atoms with E-state index in [1.165, 1.54) is 16.8 Å². The molecule has 0 aliphatic carbocycles. The number of para-hydroxylation sites is 1. The van der Waals surface area contributed by atoms with Gasteiger partial charge in [-0.15, -0.1) is 0 Å². The lowest BCUT2D eigenvalue weighted by molar-refractivity contribution is 0.363. The lowest BCUT2D eigenvalue weighted by atomic mass is 10.0. The Kier molecular flexibility index (Phi) is 5.86. The van der Waals surface area contributed by atoms with Crippen LogP contribution in [0, 0.1) is 0 Å². The SMILES string of the molecule is CN(C)CC(c1ccccc1)N(Cc1ccccc1)c1ccccc1. The van der Waals surface area contributed by atoms with E-state index in [9.17, 15) is 0 Å². The Morgan fingerprint density at radius 2 is 1.20 bits per heavy atom. The van der Waals surface area contributed by atoms with Crippen LogP contribution in [-0.4, -0.2) is 25.5 Å². The summed E-state index contributed by atoms with van der Waals surface area (Å²) in [4.78, 5) is 4.77. The number of rotatable bonds is 7. The molecule has 3 aromatic carbocycles. The van der Waals surface area contributed by atoms with E-state index in [4.69, 9.17) is 0 Å². The van der Waals surface area contributed by atoms with Crippen molar-refractivity contribution in [3.63, 3.8) is 0 Å².